The second-order valence-electron chi connectivity index (χ2n) is 9.22. The molecule has 0 spiro atoms. The van der Waals surface area contributed by atoms with Gasteiger partial charge in [0.2, 0.25) is 0 Å². The van der Waals surface area contributed by atoms with Crippen LogP contribution < -0.4 is 10.1 Å². The van der Waals surface area contributed by atoms with Crippen LogP contribution in [-0.2, 0) is 4.74 Å². The van der Waals surface area contributed by atoms with Gasteiger partial charge in [0.25, 0.3) is 0 Å². The van der Waals surface area contributed by atoms with Gasteiger partial charge in [-0.2, -0.15) is 0 Å². The van der Waals surface area contributed by atoms with Crippen molar-refractivity contribution in [2.24, 2.45) is 0 Å². The highest BCUT2D eigenvalue weighted by Crippen LogP contribution is 2.28. The summed E-state index contributed by atoms with van der Waals surface area (Å²) in [5, 5.41) is 2.85. The molecule has 0 heterocycles. The Kier molecular flexibility index (Phi) is 8.40. The lowest BCUT2D eigenvalue weighted by Gasteiger charge is -2.24. The first-order valence-corrected chi connectivity index (χ1v) is 11.4. The van der Waals surface area contributed by atoms with E-state index in [1.54, 1.807) is 57.2 Å². The molecule has 0 aromatic heterocycles. The summed E-state index contributed by atoms with van der Waals surface area (Å²) in [5.41, 5.74) is 2.16. The summed E-state index contributed by atoms with van der Waals surface area (Å²) in [6.07, 6.45) is -4.77. The van der Waals surface area contributed by atoms with Crippen molar-refractivity contribution >= 4 is 11.9 Å². The number of amides is 1. The zero-order chi connectivity index (χ0) is 26.3. The third kappa shape index (κ3) is 8.45. The fourth-order valence-electron chi connectivity index (χ4n) is 3.57. The van der Waals surface area contributed by atoms with E-state index in [-0.39, 0.29) is 18.0 Å². The molecule has 0 saturated carbocycles. The maximum absolute atomic E-state index is 12.6. The third-order valence-electron chi connectivity index (χ3n) is 5.18. The molecule has 1 amide bonds. The minimum absolute atomic E-state index is 0.0376. The third-order valence-corrected chi connectivity index (χ3v) is 5.18. The number of carbonyl (C=O) groups excluding carboxylic acids is 2. The number of benzene rings is 3. The molecule has 36 heavy (non-hydrogen) atoms. The SMILES string of the molecule is CC(C)(C)OC(=O)NC(CCC(=O)c1ccccc1)c1ccc(-c2ccc(OC(F)(F)F)cc2)cc1. The fourth-order valence-corrected chi connectivity index (χ4v) is 3.57. The summed E-state index contributed by atoms with van der Waals surface area (Å²) in [4.78, 5) is 25.1. The number of halogens is 3. The summed E-state index contributed by atoms with van der Waals surface area (Å²) < 4.78 is 46.5. The summed E-state index contributed by atoms with van der Waals surface area (Å²) in [6, 6.07) is 21.2. The smallest absolute Gasteiger partial charge is 0.444 e. The lowest BCUT2D eigenvalue weighted by Crippen LogP contribution is -2.35. The minimum Gasteiger partial charge on any atom is -0.444 e. The number of hydrogen-bond donors (Lipinski definition) is 1. The maximum atomic E-state index is 12.6. The average Bonchev–Trinajstić information content (AvgIpc) is 2.80. The number of alkyl halides is 3. The van der Waals surface area contributed by atoms with Crippen LogP contribution in [0.15, 0.2) is 78.9 Å². The van der Waals surface area contributed by atoms with Gasteiger partial charge in [0.1, 0.15) is 11.4 Å². The van der Waals surface area contributed by atoms with Crippen molar-refractivity contribution in [2.45, 2.75) is 51.6 Å². The molecule has 0 fully saturated rings. The molecule has 5 nitrogen and oxygen atoms in total. The largest absolute Gasteiger partial charge is 0.573 e. The Hall–Kier alpha value is -3.81. The Morgan fingerprint density at radius 1 is 0.833 bits per heavy atom. The Bertz CT molecular complexity index is 1150. The van der Waals surface area contributed by atoms with Crippen molar-refractivity contribution in [3.63, 3.8) is 0 Å². The first kappa shape index (κ1) is 26.8. The standard InChI is InChI=1S/C28H28F3NO4/c1-27(2,3)36-26(34)32-24(17-18-25(33)22-7-5-4-6-8-22)21-11-9-19(10-12-21)20-13-15-23(16-14-20)35-28(29,30)31/h4-16,24H,17-18H2,1-3H3,(H,32,34). The topological polar surface area (TPSA) is 64.6 Å². The molecule has 8 heteroatoms. The van der Waals surface area contributed by atoms with Crippen LogP contribution in [0.25, 0.3) is 11.1 Å². The van der Waals surface area contributed by atoms with Gasteiger partial charge in [0, 0.05) is 12.0 Å². The van der Waals surface area contributed by atoms with Crippen LogP contribution >= 0.6 is 0 Å². The highest BCUT2D eigenvalue weighted by molar-refractivity contribution is 5.96. The molecule has 0 radical (unpaired) electrons. The van der Waals surface area contributed by atoms with E-state index in [0.29, 0.717) is 17.5 Å². The van der Waals surface area contributed by atoms with Gasteiger partial charge in [0.15, 0.2) is 5.78 Å². The molecule has 0 aliphatic rings. The molecule has 3 aromatic rings. The molecule has 1 atom stereocenters. The van der Waals surface area contributed by atoms with Crippen molar-refractivity contribution in [3.05, 3.63) is 90.0 Å². The summed E-state index contributed by atoms with van der Waals surface area (Å²) in [5.74, 6) is -0.336. The molecule has 0 aliphatic carbocycles. The second kappa shape index (κ2) is 11.3. The molecule has 1 N–H and O–H groups in total. The van der Waals surface area contributed by atoms with Gasteiger partial charge in [-0.3, -0.25) is 4.79 Å². The predicted octanol–water partition coefficient (Wildman–Crippen LogP) is 7.48. The summed E-state index contributed by atoms with van der Waals surface area (Å²) >= 11 is 0. The van der Waals surface area contributed by atoms with Crippen LogP contribution in [0.2, 0.25) is 0 Å². The monoisotopic (exact) mass is 499 g/mol. The van der Waals surface area contributed by atoms with Crippen molar-refractivity contribution < 1.29 is 32.2 Å². The zero-order valence-corrected chi connectivity index (χ0v) is 20.3. The summed E-state index contributed by atoms with van der Waals surface area (Å²) in [7, 11) is 0. The van der Waals surface area contributed by atoms with E-state index < -0.39 is 24.1 Å². The number of nitrogens with one attached hydrogen (secondary N) is 1. The number of hydrogen-bond acceptors (Lipinski definition) is 4. The van der Waals surface area contributed by atoms with Gasteiger partial charge < -0.3 is 14.8 Å². The molecular formula is C28H28F3NO4. The van der Waals surface area contributed by atoms with Gasteiger partial charge >= 0.3 is 12.5 Å². The minimum atomic E-state index is -4.75. The van der Waals surface area contributed by atoms with E-state index in [0.717, 1.165) is 11.1 Å². The quantitative estimate of drug-likeness (QED) is 0.326. The lowest BCUT2D eigenvalue weighted by molar-refractivity contribution is -0.274. The number of Topliss-reactive ketones (excluding diaryl/α,β-unsaturated/α-hetero) is 1. The molecule has 0 saturated heterocycles. The number of alkyl carbamates (subject to hydrolysis) is 1. The maximum Gasteiger partial charge on any atom is 0.573 e. The Labute approximate surface area is 208 Å². The van der Waals surface area contributed by atoms with Crippen LogP contribution in [0.4, 0.5) is 18.0 Å². The Morgan fingerprint density at radius 2 is 1.39 bits per heavy atom. The van der Waals surface area contributed by atoms with Crippen LogP contribution in [0.3, 0.4) is 0 Å². The molecule has 3 aromatic carbocycles. The van der Waals surface area contributed by atoms with Gasteiger partial charge in [-0.1, -0.05) is 66.7 Å². The number of ether oxygens (including phenoxy) is 2. The highest BCUT2D eigenvalue weighted by Gasteiger charge is 2.31. The summed E-state index contributed by atoms with van der Waals surface area (Å²) in [6.45, 7) is 5.29. The van der Waals surface area contributed by atoms with Crippen LogP contribution in [0.5, 0.6) is 5.75 Å². The van der Waals surface area contributed by atoms with Gasteiger partial charge in [0.05, 0.1) is 6.04 Å². The average molecular weight is 500 g/mol. The molecule has 0 bridgehead atoms. The lowest BCUT2D eigenvalue weighted by atomic mass is 9.96. The van der Waals surface area contributed by atoms with Crippen molar-refractivity contribution in [3.8, 4) is 16.9 Å². The van der Waals surface area contributed by atoms with E-state index in [9.17, 15) is 22.8 Å². The number of rotatable bonds is 8. The number of ketones is 1. The van der Waals surface area contributed by atoms with E-state index in [1.165, 1.54) is 24.3 Å². The zero-order valence-electron chi connectivity index (χ0n) is 20.3. The Balaban J connectivity index is 1.75. The molecular weight excluding hydrogens is 471 g/mol. The van der Waals surface area contributed by atoms with Crippen LogP contribution in [0.1, 0.15) is 55.6 Å². The van der Waals surface area contributed by atoms with E-state index in [1.807, 2.05) is 18.2 Å². The van der Waals surface area contributed by atoms with Crippen molar-refractivity contribution in [2.75, 3.05) is 0 Å². The van der Waals surface area contributed by atoms with Crippen molar-refractivity contribution in [1.82, 2.24) is 5.32 Å². The molecule has 0 aliphatic heterocycles. The normalized spacial score (nSPS) is 12.5. The molecule has 190 valence electrons. The molecule has 3 rings (SSSR count). The fraction of sp³-hybridized carbons (Fsp3) is 0.286. The van der Waals surface area contributed by atoms with Crippen LogP contribution in [-0.4, -0.2) is 23.8 Å². The highest BCUT2D eigenvalue weighted by atomic mass is 19.4. The predicted molar refractivity (Wildman–Crippen MR) is 131 cm³/mol. The first-order chi connectivity index (χ1) is 16.9. The second-order valence-corrected chi connectivity index (χ2v) is 9.22. The first-order valence-electron chi connectivity index (χ1n) is 11.4. The van der Waals surface area contributed by atoms with E-state index >= 15 is 0 Å². The van der Waals surface area contributed by atoms with Gasteiger partial charge in [-0.25, -0.2) is 4.79 Å². The van der Waals surface area contributed by atoms with Crippen LogP contribution in [0, 0.1) is 0 Å². The van der Waals surface area contributed by atoms with E-state index in [2.05, 4.69) is 10.1 Å². The van der Waals surface area contributed by atoms with Crippen molar-refractivity contribution in [1.29, 1.82) is 0 Å². The van der Waals surface area contributed by atoms with Gasteiger partial charge in [-0.15, -0.1) is 13.2 Å². The Morgan fingerprint density at radius 3 is 1.92 bits per heavy atom. The van der Waals surface area contributed by atoms with Gasteiger partial charge in [-0.05, 0) is 56.0 Å². The van der Waals surface area contributed by atoms with E-state index in [4.69, 9.17) is 4.74 Å². The number of carbonyl (C=O) groups is 2. The molecule has 1 unspecified atom stereocenters.